The average Bonchev–Trinajstić information content (AvgIpc) is 2.86. The molecule has 0 aliphatic heterocycles. The number of H-pyrrole nitrogens is 1. The van der Waals surface area contributed by atoms with Crippen LogP contribution in [-0.2, 0) is 0 Å². The molecule has 0 spiro atoms. The number of aliphatic hydroxyl groups excluding tert-OH is 2. The van der Waals surface area contributed by atoms with Gasteiger partial charge in [-0.2, -0.15) is 0 Å². The Labute approximate surface area is 217 Å². The number of fused-ring (bicyclic) bond motifs is 6. The summed E-state index contributed by atoms with van der Waals surface area (Å²) in [7, 11) is 2.60. The summed E-state index contributed by atoms with van der Waals surface area (Å²) in [5, 5.41) is 45.3. The summed E-state index contributed by atoms with van der Waals surface area (Å²) in [6.45, 7) is 1.66. The Kier molecular flexibility index (Phi) is 5.15. The quantitative estimate of drug-likeness (QED) is 0.210. The van der Waals surface area contributed by atoms with E-state index < -0.39 is 34.7 Å². The number of methoxy groups -OCH3 is 2. The fourth-order valence-corrected chi connectivity index (χ4v) is 5.62. The lowest BCUT2D eigenvalue weighted by Crippen LogP contribution is -2.20. The van der Waals surface area contributed by atoms with E-state index in [1.807, 2.05) is 0 Å². The standard InChI is InChI=1S/C27H20ClNO9/c1-8-6-9-7-11-14(20(32)13(9)27(35)29-8)15-16(22(34)19(11)31)25(37-3)26-17(21(15)33)18(30)10-4-5-12(28)24(36-2)23(10)38-26/h4-7,19,22,31-34H,1-3H3,(H,29,35). The second kappa shape index (κ2) is 8.12. The van der Waals surface area contributed by atoms with Crippen LogP contribution in [0.25, 0.3) is 43.8 Å². The Hall–Kier alpha value is -4.25. The van der Waals surface area contributed by atoms with Crippen LogP contribution in [0.2, 0.25) is 5.02 Å². The van der Waals surface area contributed by atoms with E-state index in [2.05, 4.69) is 4.98 Å². The zero-order valence-corrected chi connectivity index (χ0v) is 20.9. The predicted molar refractivity (Wildman–Crippen MR) is 140 cm³/mol. The molecule has 0 saturated carbocycles. The molecule has 0 saturated heterocycles. The zero-order chi connectivity index (χ0) is 27.2. The van der Waals surface area contributed by atoms with E-state index in [0.717, 1.165) is 0 Å². The topological polar surface area (TPSA) is 162 Å². The van der Waals surface area contributed by atoms with Crippen LogP contribution in [0.1, 0.15) is 29.0 Å². The highest BCUT2D eigenvalue weighted by Gasteiger charge is 2.41. The normalized spacial score (nSPS) is 16.6. The highest BCUT2D eigenvalue weighted by molar-refractivity contribution is 6.33. The molecule has 0 fully saturated rings. The monoisotopic (exact) mass is 537 g/mol. The number of aliphatic hydroxyl groups is 2. The molecule has 10 nitrogen and oxygen atoms in total. The summed E-state index contributed by atoms with van der Waals surface area (Å²) in [5.41, 5.74) is -1.37. The van der Waals surface area contributed by atoms with E-state index in [1.54, 1.807) is 13.0 Å². The summed E-state index contributed by atoms with van der Waals surface area (Å²) in [6, 6.07) is 5.91. The van der Waals surface area contributed by atoms with Crippen molar-refractivity contribution in [2.45, 2.75) is 19.1 Å². The summed E-state index contributed by atoms with van der Waals surface area (Å²) in [4.78, 5) is 29.1. The van der Waals surface area contributed by atoms with Gasteiger partial charge >= 0.3 is 0 Å². The predicted octanol–water partition coefficient (Wildman–Crippen LogP) is 3.93. The van der Waals surface area contributed by atoms with Crippen molar-refractivity contribution in [2.24, 2.45) is 0 Å². The molecule has 11 heteroatoms. The number of aromatic nitrogens is 1. The number of aromatic amines is 1. The Balaban J connectivity index is 1.87. The molecule has 5 N–H and O–H groups in total. The van der Waals surface area contributed by atoms with Gasteiger partial charge in [-0.3, -0.25) is 9.59 Å². The maximum absolute atomic E-state index is 13.7. The first-order chi connectivity index (χ1) is 18.1. The number of pyridine rings is 1. The second-order valence-electron chi connectivity index (χ2n) is 9.09. The van der Waals surface area contributed by atoms with Gasteiger partial charge in [0.05, 0.1) is 30.0 Å². The van der Waals surface area contributed by atoms with Crippen LogP contribution in [-0.4, -0.2) is 39.6 Å². The number of rotatable bonds is 2. The molecule has 2 unspecified atom stereocenters. The molecule has 5 aromatic rings. The van der Waals surface area contributed by atoms with Crippen molar-refractivity contribution in [3.63, 3.8) is 0 Å². The molecule has 2 atom stereocenters. The Morgan fingerprint density at radius 1 is 0.921 bits per heavy atom. The first-order valence-electron chi connectivity index (χ1n) is 11.4. The fourth-order valence-electron chi connectivity index (χ4n) is 5.40. The van der Waals surface area contributed by atoms with E-state index >= 15 is 0 Å². The number of benzene rings is 3. The first-order valence-corrected chi connectivity index (χ1v) is 11.8. The Morgan fingerprint density at radius 3 is 2.29 bits per heavy atom. The average molecular weight is 538 g/mol. The molecule has 2 heterocycles. The van der Waals surface area contributed by atoms with Gasteiger partial charge in [0.25, 0.3) is 5.56 Å². The van der Waals surface area contributed by atoms with E-state index in [1.165, 1.54) is 32.4 Å². The lowest BCUT2D eigenvalue weighted by atomic mass is 9.78. The van der Waals surface area contributed by atoms with Crippen LogP contribution in [0.15, 0.2) is 38.3 Å². The van der Waals surface area contributed by atoms with Crippen molar-refractivity contribution in [3.05, 3.63) is 66.7 Å². The molecule has 6 rings (SSSR count). The van der Waals surface area contributed by atoms with E-state index in [0.29, 0.717) is 11.1 Å². The number of hydrogen-bond acceptors (Lipinski definition) is 9. The molecule has 2 aromatic heterocycles. The minimum absolute atomic E-state index is 0.0165. The molecule has 1 aliphatic carbocycles. The number of nitrogens with one attached hydrogen (secondary N) is 1. The highest BCUT2D eigenvalue weighted by Crippen LogP contribution is 2.58. The van der Waals surface area contributed by atoms with Crippen molar-refractivity contribution in [3.8, 4) is 34.1 Å². The van der Waals surface area contributed by atoms with E-state index in [9.17, 15) is 30.0 Å². The van der Waals surface area contributed by atoms with Crippen LogP contribution < -0.4 is 20.5 Å². The van der Waals surface area contributed by atoms with Gasteiger partial charge in [0.1, 0.15) is 29.1 Å². The van der Waals surface area contributed by atoms with Gasteiger partial charge in [-0.05, 0) is 42.1 Å². The third-order valence-electron chi connectivity index (χ3n) is 7.00. The molecule has 0 radical (unpaired) electrons. The zero-order valence-electron chi connectivity index (χ0n) is 20.2. The van der Waals surface area contributed by atoms with Crippen molar-refractivity contribution in [2.75, 3.05) is 14.2 Å². The minimum atomic E-state index is -1.66. The lowest BCUT2D eigenvalue weighted by molar-refractivity contribution is 0.0143. The van der Waals surface area contributed by atoms with Gasteiger partial charge in [0, 0.05) is 22.4 Å². The Bertz CT molecular complexity index is 1980. The number of hydrogen-bond donors (Lipinski definition) is 5. The number of phenols is 2. The molecule has 0 bridgehead atoms. The molecule has 194 valence electrons. The number of phenolic OH excluding ortho intramolecular Hbond substituents is 2. The van der Waals surface area contributed by atoms with E-state index in [4.69, 9.17) is 25.5 Å². The maximum Gasteiger partial charge on any atom is 0.259 e. The minimum Gasteiger partial charge on any atom is -0.506 e. The summed E-state index contributed by atoms with van der Waals surface area (Å²) in [6.07, 6.45) is -3.25. The summed E-state index contributed by atoms with van der Waals surface area (Å²) < 4.78 is 16.9. The molecular weight excluding hydrogens is 518 g/mol. The van der Waals surface area contributed by atoms with E-state index in [-0.39, 0.29) is 66.1 Å². The molecular formula is C27H20ClNO9. The Morgan fingerprint density at radius 2 is 1.61 bits per heavy atom. The fraction of sp³-hybridized carbons (Fsp3) is 0.185. The molecule has 0 amide bonds. The van der Waals surface area contributed by atoms with Crippen molar-refractivity contribution in [1.82, 2.24) is 4.98 Å². The molecule has 1 aliphatic rings. The van der Waals surface area contributed by atoms with Gasteiger partial charge in [-0.25, -0.2) is 0 Å². The number of halogens is 1. The van der Waals surface area contributed by atoms with Crippen LogP contribution in [0, 0.1) is 6.92 Å². The number of aryl methyl sites for hydroxylation is 1. The highest BCUT2D eigenvalue weighted by atomic mass is 35.5. The van der Waals surface area contributed by atoms with Crippen LogP contribution in [0.5, 0.6) is 23.0 Å². The smallest absolute Gasteiger partial charge is 0.259 e. The largest absolute Gasteiger partial charge is 0.506 e. The molecule has 38 heavy (non-hydrogen) atoms. The molecule has 3 aromatic carbocycles. The number of aromatic hydroxyl groups is 2. The summed E-state index contributed by atoms with van der Waals surface area (Å²) >= 11 is 6.22. The lowest BCUT2D eigenvalue weighted by Gasteiger charge is -2.32. The maximum atomic E-state index is 13.7. The van der Waals surface area contributed by atoms with Gasteiger partial charge in [0.15, 0.2) is 22.7 Å². The van der Waals surface area contributed by atoms with Gasteiger partial charge in [0.2, 0.25) is 5.43 Å². The van der Waals surface area contributed by atoms with Gasteiger partial charge < -0.3 is 39.3 Å². The SMILES string of the molecule is COc1c(Cl)ccc2c(=O)c3c(O)c4c(c(OC)c3oc12)C(O)C(O)c1cc2cc(C)[nH]c(=O)c2c(O)c1-4. The van der Waals surface area contributed by atoms with Gasteiger partial charge in [-0.15, -0.1) is 0 Å². The van der Waals surface area contributed by atoms with Crippen molar-refractivity contribution >= 4 is 44.3 Å². The first kappa shape index (κ1) is 24.1. The van der Waals surface area contributed by atoms with Crippen LogP contribution >= 0.6 is 11.6 Å². The third-order valence-corrected chi connectivity index (χ3v) is 7.30. The van der Waals surface area contributed by atoms with Crippen LogP contribution in [0.4, 0.5) is 0 Å². The second-order valence-corrected chi connectivity index (χ2v) is 9.50. The number of ether oxygens (including phenoxy) is 2. The van der Waals surface area contributed by atoms with Crippen molar-refractivity contribution in [1.29, 1.82) is 0 Å². The third kappa shape index (κ3) is 2.96. The van der Waals surface area contributed by atoms with Crippen molar-refractivity contribution < 1.29 is 34.3 Å². The summed E-state index contributed by atoms with van der Waals surface area (Å²) in [5.74, 6) is -1.26. The van der Waals surface area contributed by atoms with Gasteiger partial charge in [-0.1, -0.05) is 11.6 Å². The van der Waals surface area contributed by atoms with Crippen LogP contribution in [0.3, 0.4) is 0 Å².